The second-order valence-corrected chi connectivity index (χ2v) is 13.5. The number of thioether (sulfide) groups is 2. The lowest BCUT2D eigenvalue weighted by molar-refractivity contribution is -0.122. The van der Waals surface area contributed by atoms with Crippen molar-refractivity contribution in [1.29, 1.82) is 0 Å². The molecule has 0 aliphatic carbocycles. The van der Waals surface area contributed by atoms with E-state index >= 15 is 0 Å². The molecule has 0 atom stereocenters. The number of anilines is 1. The molecule has 0 saturated carbocycles. The number of allylic oxidation sites excluding steroid dienone is 2. The maximum atomic E-state index is 12.7. The predicted molar refractivity (Wildman–Crippen MR) is 143 cm³/mol. The number of nitrogens with zero attached hydrogens (tertiary/aromatic N) is 2. The minimum absolute atomic E-state index is 0.195. The normalized spacial score (nSPS) is 18.9. The fourth-order valence-electron chi connectivity index (χ4n) is 3.65. The number of hydrogen-bond acceptors (Lipinski definition) is 9. The maximum Gasteiger partial charge on any atom is 0.266 e. The summed E-state index contributed by atoms with van der Waals surface area (Å²) in [7, 11) is -8.34. The molecule has 2 N–H and O–H groups in total. The van der Waals surface area contributed by atoms with Gasteiger partial charge >= 0.3 is 0 Å². The number of rotatable bonds is 8. The van der Waals surface area contributed by atoms with Crippen molar-refractivity contribution in [1.82, 2.24) is 4.90 Å². The molecule has 0 spiro atoms. The molecule has 0 aromatic heterocycles. The summed E-state index contributed by atoms with van der Waals surface area (Å²) in [5.74, 6) is -1.45. The number of thiocarbonyl (C=S) groups is 1. The van der Waals surface area contributed by atoms with Crippen molar-refractivity contribution in [3.8, 4) is 0 Å². The zero-order chi connectivity index (χ0) is 25.4. The van der Waals surface area contributed by atoms with Crippen molar-refractivity contribution in [2.75, 3.05) is 29.5 Å². The standard InChI is InChI=1S/C21H20N2O7S5/c24-20-17(32-21(31)23(20)11-13-35(28,29)30)8-9-18-22(10-3-12-34(25,26)27)16-7-6-14-4-1-2-5-15(14)19(16)33-18/h1-2,4-9H,3,10-13H2,(H,25,26,27)(H,28,29,30)/b17-8+,18-9-. The second-order valence-electron chi connectivity index (χ2n) is 7.67. The fraction of sp³-hybridized carbons (Fsp3) is 0.238. The first-order valence-electron chi connectivity index (χ1n) is 10.3. The average Bonchev–Trinajstić information content (AvgIpc) is 3.26. The van der Waals surface area contributed by atoms with Crippen LogP contribution in [0, 0.1) is 0 Å². The molecule has 0 bridgehead atoms. The van der Waals surface area contributed by atoms with Gasteiger partial charge in [-0.1, -0.05) is 66.1 Å². The molecule has 14 heteroatoms. The largest absolute Gasteiger partial charge is 0.335 e. The highest BCUT2D eigenvalue weighted by molar-refractivity contribution is 8.26. The van der Waals surface area contributed by atoms with E-state index in [1.54, 1.807) is 12.2 Å². The molecule has 186 valence electrons. The Bertz CT molecular complexity index is 1480. The number of amides is 1. The summed E-state index contributed by atoms with van der Waals surface area (Å²) in [6.45, 7) is 0.0818. The van der Waals surface area contributed by atoms with Gasteiger partial charge in [-0.3, -0.25) is 18.8 Å². The molecule has 1 saturated heterocycles. The Kier molecular flexibility index (Phi) is 7.62. The Morgan fingerprint density at radius 3 is 2.31 bits per heavy atom. The second kappa shape index (κ2) is 10.2. The Morgan fingerprint density at radius 1 is 0.886 bits per heavy atom. The van der Waals surface area contributed by atoms with E-state index in [-0.39, 0.29) is 23.0 Å². The first-order chi connectivity index (χ1) is 16.4. The zero-order valence-electron chi connectivity index (χ0n) is 18.0. The number of fused-ring (bicyclic) bond motifs is 3. The molecule has 2 aromatic rings. The van der Waals surface area contributed by atoms with Crippen LogP contribution in [0.15, 0.2) is 63.4 Å². The Hall–Kier alpha value is -1.94. The smallest absolute Gasteiger partial charge is 0.266 e. The van der Waals surface area contributed by atoms with Gasteiger partial charge in [-0.25, -0.2) is 0 Å². The van der Waals surface area contributed by atoms with Crippen molar-refractivity contribution < 1.29 is 30.7 Å². The van der Waals surface area contributed by atoms with Crippen molar-refractivity contribution in [3.05, 3.63) is 58.5 Å². The lowest BCUT2D eigenvalue weighted by Gasteiger charge is -2.20. The summed E-state index contributed by atoms with van der Waals surface area (Å²) < 4.78 is 62.8. The van der Waals surface area contributed by atoms with E-state index in [0.29, 0.717) is 11.4 Å². The van der Waals surface area contributed by atoms with E-state index < -0.39 is 31.9 Å². The quantitative estimate of drug-likeness (QED) is 0.274. The fourth-order valence-corrected chi connectivity index (χ4v) is 7.03. The number of carbonyl (C=O) groups is 1. The van der Waals surface area contributed by atoms with Gasteiger partial charge in [0.1, 0.15) is 4.32 Å². The Labute approximate surface area is 216 Å². The third-order valence-electron chi connectivity index (χ3n) is 5.23. The summed E-state index contributed by atoms with van der Waals surface area (Å²) in [5, 5.41) is 2.85. The van der Waals surface area contributed by atoms with Crippen molar-refractivity contribution >= 4 is 82.7 Å². The van der Waals surface area contributed by atoms with Crippen molar-refractivity contribution in [2.45, 2.75) is 11.3 Å². The van der Waals surface area contributed by atoms with Crippen LogP contribution in [-0.4, -0.2) is 65.7 Å². The van der Waals surface area contributed by atoms with Gasteiger partial charge in [0.25, 0.3) is 26.1 Å². The summed E-state index contributed by atoms with van der Waals surface area (Å²) >= 11 is 7.71. The first kappa shape index (κ1) is 26.1. The number of carbonyl (C=O) groups excluding carboxylic acids is 1. The topological polar surface area (TPSA) is 132 Å². The van der Waals surface area contributed by atoms with Gasteiger partial charge in [-0.05, 0) is 35.4 Å². The van der Waals surface area contributed by atoms with E-state index in [4.69, 9.17) is 21.3 Å². The van der Waals surface area contributed by atoms with E-state index in [1.807, 2.05) is 41.3 Å². The minimum atomic E-state index is -4.24. The molecule has 2 heterocycles. The molecule has 2 aromatic carbocycles. The number of benzene rings is 2. The van der Waals surface area contributed by atoms with Crippen molar-refractivity contribution in [3.63, 3.8) is 0 Å². The zero-order valence-corrected chi connectivity index (χ0v) is 22.1. The van der Waals surface area contributed by atoms with Gasteiger partial charge in [0.2, 0.25) is 0 Å². The minimum Gasteiger partial charge on any atom is -0.335 e. The van der Waals surface area contributed by atoms with Crippen LogP contribution >= 0.6 is 35.7 Å². The summed E-state index contributed by atoms with van der Waals surface area (Å²) in [6, 6.07) is 11.8. The molecule has 1 fully saturated rings. The molecule has 2 aliphatic heterocycles. The van der Waals surface area contributed by atoms with Gasteiger partial charge < -0.3 is 4.90 Å². The summed E-state index contributed by atoms with van der Waals surface area (Å²) in [5.41, 5.74) is 0.893. The molecule has 9 nitrogen and oxygen atoms in total. The lowest BCUT2D eigenvalue weighted by atomic mass is 10.1. The van der Waals surface area contributed by atoms with Gasteiger partial charge in [0, 0.05) is 18.0 Å². The van der Waals surface area contributed by atoms with Gasteiger partial charge in [-0.15, -0.1) is 0 Å². The van der Waals surface area contributed by atoms with Crippen LogP contribution in [0.1, 0.15) is 6.42 Å². The third-order valence-corrected chi connectivity index (χ3v) is 9.33. The van der Waals surface area contributed by atoms with E-state index in [9.17, 15) is 21.6 Å². The van der Waals surface area contributed by atoms with Crippen LogP contribution in [0.3, 0.4) is 0 Å². The highest BCUT2D eigenvalue weighted by Gasteiger charge is 2.33. The average molecular weight is 573 g/mol. The van der Waals surface area contributed by atoms with Gasteiger partial charge in [0.05, 0.1) is 27.1 Å². The molecular formula is C21H20N2O7S5. The SMILES string of the molecule is O=C1/C(=C\C=C2/Sc3c(ccc4ccccc34)N2CCCS(=O)(=O)O)SC(=S)N1CCS(=O)(=O)O. The van der Waals surface area contributed by atoms with Crippen LogP contribution in [0.5, 0.6) is 0 Å². The molecule has 0 unspecified atom stereocenters. The Morgan fingerprint density at radius 2 is 1.60 bits per heavy atom. The molecule has 35 heavy (non-hydrogen) atoms. The van der Waals surface area contributed by atoms with Gasteiger partial charge in [0.15, 0.2) is 0 Å². The molecule has 1 amide bonds. The van der Waals surface area contributed by atoms with Gasteiger partial charge in [-0.2, -0.15) is 16.8 Å². The highest BCUT2D eigenvalue weighted by Crippen LogP contribution is 2.49. The Balaban J connectivity index is 1.63. The van der Waals surface area contributed by atoms with Crippen LogP contribution < -0.4 is 4.90 Å². The molecule has 4 rings (SSSR count). The van der Waals surface area contributed by atoms with Crippen LogP contribution in [0.4, 0.5) is 5.69 Å². The maximum absolute atomic E-state index is 12.7. The summed E-state index contributed by atoms with van der Waals surface area (Å²) in [6.07, 6.45) is 3.53. The molecular weight excluding hydrogens is 553 g/mol. The third kappa shape index (κ3) is 6.25. The number of hydrogen-bond donors (Lipinski definition) is 2. The van der Waals surface area contributed by atoms with E-state index in [0.717, 1.165) is 43.0 Å². The van der Waals surface area contributed by atoms with Crippen LogP contribution in [0.25, 0.3) is 10.8 Å². The van der Waals surface area contributed by atoms with Crippen LogP contribution in [0.2, 0.25) is 0 Å². The van der Waals surface area contributed by atoms with Crippen LogP contribution in [-0.2, 0) is 25.0 Å². The van der Waals surface area contributed by atoms with E-state index in [2.05, 4.69) is 0 Å². The molecule has 2 aliphatic rings. The first-order valence-corrected chi connectivity index (χ1v) is 15.5. The highest BCUT2D eigenvalue weighted by atomic mass is 32.2. The summed E-state index contributed by atoms with van der Waals surface area (Å²) in [4.78, 5) is 17.1. The van der Waals surface area contributed by atoms with E-state index in [1.165, 1.54) is 11.8 Å². The monoisotopic (exact) mass is 572 g/mol. The van der Waals surface area contributed by atoms with Crippen molar-refractivity contribution in [2.24, 2.45) is 0 Å². The lowest BCUT2D eigenvalue weighted by Crippen LogP contribution is -2.32. The predicted octanol–water partition coefficient (Wildman–Crippen LogP) is 3.50. The molecule has 0 radical (unpaired) electrons.